The number of carbonyl (C=O) groups excluding carboxylic acids is 1. The SMILES string of the molecule is CN1CCN(CCCNC(=O)c2cc(NS(C)(=O)=O)ccc2Cl)CC1. The highest BCUT2D eigenvalue weighted by Gasteiger charge is 2.14. The second-order valence-electron chi connectivity index (χ2n) is 6.32. The van der Waals surface area contributed by atoms with Gasteiger partial charge in [-0.05, 0) is 38.2 Å². The Balaban J connectivity index is 1.83. The van der Waals surface area contributed by atoms with Crippen molar-refractivity contribution in [1.29, 1.82) is 0 Å². The van der Waals surface area contributed by atoms with Crippen LogP contribution in [0.3, 0.4) is 0 Å². The zero-order valence-electron chi connectivity index (χ0n) is 14.6. The topological polar surface area (TPSA) is 81.8 Å². The van der Waals surface area contributed by atoms with E-state index in [1.54, 1.807) is 0 Å². The van der Waals surface area contributed by atoms with Gasteiger partial charge in [-0.1, -0.05) is 11.6 Å². The molecule has 9 heteroatoms. The number of hydrogen-bond donors (Lipinski definition) is 2. The lowest BCUT2D eigenvalue weighted by Crippen LogP contribution is -2.45. The molecule has 140 valence electrons. The molecule has 0 spiro atoms. The number of piperazine rings is 1. The number of anilines is 1. The van der Waals surface area contributed by atoms with Gasteiger partial charge in [0, 0.05) is 38.4 Å². The van der Waals surface area contributed by atoms with Crippen LogP contribution in [0.4, 0.5) is 5.69 Å². The van der Waals surface area contributed by atoms with Crippen LogP contribution in [0, 0.1) is 0 Å². The summed E-state index contributed by atoms with van der Waals surface area (Å²) in [5.74, 6) is -0.305. The van der Waals surface area contributed by atoms with E-state index >= 15 is 0 Å². The Bertz CT molecular complexity index is 703. The minimum atomic E-state index is -3.40. The summed E-state index contributed by atoms with van der Waals surface area (Å²) in [7, 11) is -1.28. The quantitative estimate of drug-likeness (QED) is 0.683. The summed E-state index contributed by atoms with van der Waals surface area (Å²) in [5, 5.41) is 3.13. The van der Waals surface area contributed by atoms with Crippen molar-refractivity contribution in [2.75, 3.05) is 57.3 Å². The number of sulfonamides is 1. The van der Waals surface area contributed by atoms with Crippen molar-refractivity contribution < 1.29 is 13.2 Å². The maximum absolute atomic E-state index is 12.3. The van der Waals surface area contributed by atoms with Gasteiger partial charge < -0.3 is 15.1 Å². The fourth-order valence-corrected chi connectivity index (χ4v) is 3.41. The van der Waals surface area contributed by atoms with Crippen molar-refractivity contribution in [2.45, 2.75) is 6.42 Å². The Morgan fingerprint density at radius 1 is 1.24 bits per heavy atom. The summed E-state index contributed by atoms with van der Waals surface area (Å²) in [6.07, 6.45) is 1.91. The summed E-state index contributed by atoms with van der Waals surface area (Å²) in [6, 6.07) is 4.47. The molecule has 1 aromatic carbocycles. The van der Waals surface area contributed by atoms with Gasteiger partial charge in [0.2, 0.25) is 10.0 Å². The summed E-state index contributed by atoms with van der Waals surface area (Å²) in [5.41, 5.74) is 0.574. The molecule has 1 amide bonds. The van der Waals surface area contributed by atoms with E-state index in [0.717, 1.165) is 45.4 Å². The van der Waals surface area contributed by atoms with E-state index in [1.807, 2.05) is 0 Å². The van der Waals surface area contributed by atoms with Crippen LogP contribution in [0.1, 0.15) is 16.8 Å². The number of amides is 1. The molecule has 0 aromatic heterocycles. The number of likely N-dealkylation sites (N-methyl/N-ethyl adjacent to an activating group) is 1. The lowest BCUT2D eigenvalue weighted by molar-refractivity contribution is 0.0949. The minimum Gasteiger partial charge on any atom is -0.352 e. The van der Waals surface area contributed by atoms with Crippen LogP contribution in [-0.4, -0.2) is 76.7 Å². The van der Waals surface area contributed by atoms with E-state index in [2.05, 4.69) is 26.9 Å². The molecule has 25 heavy (non-hydrogen) atoms. The molecule has 1 saturated heterocycles. The molecule has 2 rings (SSSR count). The monoisotopic (exact) mass is 388 g/mol. The molecule has 0 aliphatic carbocycles. The number of benzene rings is 1. The van der Waals surface area contributed by atoms with Gasteiger partial charge in [0.05, 0.1) is 16.8 Å². The first kappa shape index (κ1) is 20.0. The lowest BCUT2D eigenvalue weighted by atomic mass is 10.2. The Labute approximate surface area is 154 Å². The van der Waals surface area contributed by atoms with Crippen molar-refractivity contribution in [2.24, 2.45) is 0 Å². The van der Waals surface area contributed by atoms with Crippen LogP contribution in [0.15, 0.2) is 18.2 Å². The first-order valence-corrected chi connectivity index (χ1v) is 10.5. The molecular formula is C16H25ClN4O3S. The highest BCUT2D eigenvalue weighted by atomic mass is 35.5. The van der Waals surface area contributed by atoms with Gasteiger partial charge >= 0.3 is 0 Å². The van der Waals surface area contributed by atoms with Crippen molar-refractivity contribution in [1.82, 2.24) is 15.1 Å². The molecular weight excluding hydrogens is 364 g/mol. The van der Waals surface area contributed by atoms with Gasteiger partial charge in [0.15, 0.2) is 0 Å². The van der Waals surface area contributed by atoms with Crippen LogP contribution in [-0.2, 0) is 10.0 Å². The Morgan fingerprint density at radius 3 is 2.56 bits per heavy atom. The molecule has 1 aromatic rings. The first-order chi connectivity index (χ1) is 11.7. The summed E-state index contributed by atoms with van der Waals surface area (Å²) >= 11 is 6.06. The Hall–Kier alpha value is -1.35. The molecule has 0 radical (unpaired) electrons. The average molecular weight is 389 g/mol. The molecule has 1 fully saturated rings. The zero-order chi connectivity index (χ0) is 18.4. The maximum Gasteiger partial charge on any atom is 0.252 e. The molecule has 7 nitrogen and oxygen atoms in total. The van der Waals surface area contributed by atoms with Crippen LogP contribution in [0.5, 0.6) is 0 Å². The number of halogens is 1. The normalized spacial score (nSPS) is 16.6. The van der Waals surface area contributed by atoms with Crippen molar-refractivity contribution in [3.8, 4) is 0 Å². The van der Waals surface area contributed by atoms with E-state index < -0.39 is 10.0 Å². The van der Waals surface area contributed by atoms with Crippen LogP contribution in [0.2, 0.25) is 5.02 Å². The van der Waals surface area contributed by atoms with Gasteiger partial charge in [-0.3, -0.25) is 9.52 Å². The van der Waals surface area contributed by atoms with E-state index in [9.17, 15) is 13.2 Å². The smallest absolute Gasteiger partial charge is 0.252 e. The van der Waals surface area contributed by atoms with Gasteiger partial charge in [-0.15, -0.1) is 0 Å². The lowest BCUT2D eigenvalue weighted by Gasteiger charge is -2.32. The predicted molar refractivity (Wildman–Crippen MR) is 101 cm³/mol. The van der Waals surface area contributed by atoms with Crippen LogP contribution in [0.25, 0.3) is 0 Å². The van der Waals surface area contributed by atoms with Crippen molar-refractivity contribution in [3.05, 3.63) is 28.8 Å². The summed E-state index contributed by atoms with van der Waals surface area (Å²) in [6.45, 7) is 5.73. The number of nitrogens with zero attached hydrogens (tertiary/aromatic N) is 2. The Morgan fingerprint density at radius 2 is 1.92 bits per heavy atom. The summed E-state index contributed by atoms with van der Waals surface area (Å²) in [4.78, 5) is 17.0. The van der Waals surface area contributed by atoms with Crippen LogP contribution < -0.4 is 10.0 Å². The van der Waals surface area contributed by atoms with Gasteiger partial charge in [0.25, 0.3) is 5.91 Å². The molecule has 0 bridgehead atoms. The number of nitrogens with one attached hydrogen (secondary N) is 2. The van der Waals surface area contributed by atoms with Crippen molar-refractivity contribution >= 4 is 33.2 Å². The third kappa shape index (κ3) is 6.81. The fourth-order valence-electron chi connectivity index (χ4n) is 2.65. The fraction of sp³-hybridized carbons (Fsp3) is 0.562. The molecule has 2 N–H and O–H groups in total. The van der Waals surface area contributed by atoms with E-state index in [-0.39, 0.29) is 16.5 Å². The highest BCUT2D eigenvalue weighted by Crippen LogP contribution is 2.21. The molecule has 0 saturated carbocycles. The second kappa shape index (κ2) is 8.84. The second-order valence-corrected chi connectivity index (χ2v) is 8.48. The third-order valence-electron chi connectivity index (χ3n) is 4.05. The zero-order valence-corrected chi connectivity index (χ0v) is 16.2. The van der Waals surface area contributed by atoms with Gasteiger partial charge in [-0.25, -0.2) is 8.42 Å². The Kier molecular flexibility index (Phi) is 7.06. The van der Waals surface area contributed by atoms with Gasteiger partial charge in [-0.2, -0.15) is 0 Å². The van der Waals surface area contributed by atoms with Crippen molar-refractivity contribution in [3.63, 3.8) is 0 Å². The molecule has 1 heterocycles. The van der Waals surface area contributed by atoms with Gasteiger partial charge in [0.1, 0.15) is 0 Å². The average Bonchev–Trinajstić information content (AvgIpc) is 2.53. The van der Waals surface area contributed by atoms with Crippen LogP contribution >= 0.6 is 11.6 Å². The number of rotatable bonds is 7. The maximum atomic E-state index is 12.3. The highest BCUT2D eigenvalue weighted by molar-refractivity contribution is 7.92. The van der Waals surface area contributed by atoms with E-state index in [4.69, 9.17) is 11.6 Å². The predicted octanol–water partition coefficient (Wildman–Crippen LogP) is 1.08. The summed E-state index contributed by atoms with van der Waals surface area (Å²) < 4.78 is 24.9. The molecule has 0 unspecified atom stereocenters. The standard InChI is InChI=1S/C16H25ClN4O3S/c1-20-8-10-21(11-9-20)7-3-6-18-16(22)14-12-13(4-5-15(14)17)19-25(2,23)24/h4-5,12,19H,3,6-11H2,1-2H3,(H,18,22). The molecule has 0 atom stereocenters. The number of hydrogen-bond acceptors (Lipinski definition) is 5. The number of carbonyl (C=O) groups is 1. The molecule has 1 aliphatic heterocycles. The van der Waals surface area contributed by atoms with E-state index in [1.165, 1.54) is 18.2 Å². The van der Waals surface area contributed by atoms with E-state index in [0.29, 0.717) is 12.2 Å². The minimum absolute atomic E-state index is 0.259. The molecule has 1 aliphatic rings. The first-order valence-electron chi connectivity index (χ1n) is 8.21. The largest absolute Gasteiger partial charge is 0.352 e. The third-order valence-corrected chi connectivity index (χ3v) is 4.98.